The van der Waals surface area contributed by atoms with Crippen molar-refractivity contribution >= 4 is 11.6 Å². The number of benzene rings is 1. The lowest BCUT2D eigenvalue weighted by atomic mass is 10.1. The summed E-state index contributed by atoms with van der Waals surface area (Å²) in [5.41, 5.74) is 1.09. The molecule has 0 bridgehead atoms. The van der Waals surface area contributed by atoms with E-state index in [9.17, 15) is 14.9 Å². The van der Waals surface area contributed by atoms with E-state index < -0.39 is 4.92 Å². The lowest BCUT2D eigenvalue weighted by molar-refractivity contribution is -0.384. The van der Waals surface area contributed by atoms with Crippen LogP contribution in [0.1, 0.15) is 32.8 Å². The molecule has 1 aromatic rings. The average Bonchev–Trinajstić information content (AvgIpc) is 2.47. The highest BCUT2D eigenvalue weighted by atomic mass is 16.6. The molecule has 0 heterocycles. The Hall–Kier alpha value is -1.95. The van der Waals surface area contributed by atoms with Crippen molar-refractivity contribution in [3.63, 3.8) is 0 Å². The molecule has 0 spiro atoms. The normalized spacial score (nSPS) is 13.5. The molecule has 21 heavy (non-hydrogen) atoms. The molecule has 1 rings (SSSR count). The van der Waals surface area contributed by atoms with Gasteiger partial charge in [-0.2, -0.15) is 0 Å². The number of hydrogen-bond donors (Lipinski definition) is 2. The van der Waals surface area contributed by atoms with E-state index in [1.54, 1.807) is 12.1 Å². The third kappa shape index (κ3) is 5.91. The molecule has 6 nitrogen and oxygen atoms in total. The average molecular weight is 293 g/mol. The highest BCUT2D eigenvalue weighted by Gasteiger charge is 2.13. The maximum atomic E-state index is 11.8. The Morgan fingerprint density at radius 1 is 1.29 bits per heavy atom. The largest absolute Gasteiger partial charge is 0.352 e. The second kappa shape index (κ2) is 8.36. The number of rotatable bonds is 8. The number of nitro benzene ring substituents is 1. The molecule has 0 aliphatic rings. The van der Waals surface area contributed by atoms with Gasteiger partial charge in [0.15, 0.2) is 0 Å². The number of amides is 1. The second-order valence-corrected chi connectivity index (χ2v) is 5.17. The highest BCUT2D eigenvalue weighted by molar-refractivity contribution is 5.81. The van der Waals surface area contributed by atoms with E-state index in [1.165, 1.54) is 12.1 Å². The van der Waals surface area contributed by atoms with Gasteiger partial charge >= 0.3 is 0 Å². The molecular weight excluding hydrogens is 270 g/mol. The summed E-state index contributed by atoms with van der Waals surface area (Å²) in [5, 5.41) is 16.6. The van der Waals surface area contributed by atoms with E-state index in [4.69, 9.17) is 0 Å². The van der Waals surface area contributed by atoms with Crippen molar-refractivity contribution in [3.8, 4) is 0 Å². The van der Waals surface area contributed by atoms with Crippen LogP contribution in [0.5, 0.6) is 0 Å². The zero-order valence-corrected chi connectivity index (χ0v) is 12.8. The monoisotopic (exact) mass is 293 g/mol. The summed E-state index contributed by atoms with van der Waals surface area (Å²) in [5.74, 6) is -0.00644. The molecule has 0 saturated carbocycles. The van der Waals surface area contributed by atoms with Crippen LogP contribution in [-0.4, -0.2) is 29.5 Å². The van der Waals surface area contributed by atoms with Gasteiger partial charge in [-0.15, -0.1) is 0 Å². The summed E-state index contributed by atoms with van der Waals surface area (Å²) in [7, 11) is 0. The number of carbonyl (C=O) groups excluding carboxylic acids is 1. The van der Waals surface area contributed by atoms with Gasteiger partial charge in [-0.1, -0.05) is 19.1 Å². The Balaban J connectivity index is 2.35. The van der Waals surface area contributed by atoms with Gasteiger partial charge in [0, 0.05) is 18.2 Å². The quantitative estimate of drug-likeness (QED) is 0.567. The van der Waals surface area contributed by atoms with Crippen LogP contribution >= 0.6 is 0 Å². The summed E-state index contributed by atoms with van der Waals surface area (Å²) in [6.07, 6.45) is 1.63. The molecule has 0 aromatic heterocycles. The van der Waals surface area contributed by atoms with Crippen LogP contribution in [0.2, 0.25) is 0 Å². The number of carbonyl (C=O) groups is 1. The third-order valence-electron chi connectivity index (χ3n) is 3.41. The lowest BCUT2D eigenvalue weighted by Crippen LogP contribution is -2.45. The molecule has 0 saturated heterocycles. The number of nitro groups is 1. The first-order chi connectivity index (χ1) is 9.93. The minimum Gasteiger partial charge on any atom is -0.352 e. The first-order valence-corrected chi connectivity index (χ1v) is 7.21. The van der Waals surface area contributed by atoms with Crippen LogP contribution < -0.4 is 10.6 Å². The molecule has 0 aliphatic heterocycles. The summed E-state index contributed by atoms with van der Waals surface area (Å²) in [4.78, 5) is 22.0. The van der Waals surface area contributed by atoms with Crippen LogP contribution in [0, 0.1) is 10.1 Å². The smallest absolute Gasteiger partial charge is 0.269 e. The minimum atomic E-state index is -0.413. The topological polar surface area (TPSA) is 84.3 Å². The predicted molar refractivity (Wildman–Crippen MR) is 82.2 cm³/mol. The molecule has 116 valence electrons. The summed E-state index contributed by atoms with van der Waals surface area (Å²) in [6.45, 7) is 6.47. The van der Waals surface area contributed by atoms with E-state index in [2.05, 4.69) is 10.6 Å². The summed E-state index contributed by atoms with van der Waals surface area (Å²) in [6, 6.07) is 6.39. The van der Waals surface area contributed by atoms with Crippen molar-refractivity contribution in [1.29, 1.82) is 0 Å². The molecule has 1 aromatic carbocycles. The van der Waals surface area contributed by atoms with Crippen molar-refractivity contribution in [2.24, 2.45) is 0 Å². The molecule has 2 atom stereocenters. The van der Waals surface area contributed by atoms with Gasteiger partial charge in [0.1, 0.15) is 0 Å². The van der Waals surface area contributed by atoms with Gasteiger partial charge in [0.05, 0.1) is 11.0 Å². The zero-order chi connectivity index (χ0) is 15.8. The van der Waals surface area contributed by atoms with Gasteiger partial charge < -0.3 is 10.6 Å². The minimum absolute atomic E-state index is 0.00644. The Morgan fingerprint density at radius 2 is 1.90 bits per heavy atom. The van der Waals surface area contributed by atoms with Crippen molar-refractivity contribution in [1.82, 2.24) is 10.6 Å². The third-order valence-corrected chi connectivity index (χ3v) is 3.41. The fourth-order valence-electron chi connectivity index (χ4n) is 1.78. The van der Waals surface area contributed by atoms with Crippen LogP contribution in [0.4, 0.5) is 5.69 Å². The maximum absolute atomic E-state index is 11.8. The molecule has 0 radical (unpaired) electrons. The van der Waals surface area contributed by atoms with Crippen LogP contribution in [0.15, 0.2) is 24.3 Å². The molecule has 2 unspecified atom stereocenters. The molecule has 1 amide bonds. The van der Waals surface area contributed by atoms with Crippen molar-refractivity contribution in [2.75, 3.05) is 6.54 Å². The predicted octanol–water partition coefficient (Wildman–Crippen LogP) is 2.03. The van der Waals surface area contributed by atoms with Crippen LogP contribution in [0.3, 0.4) is 0 Å². The highest BCUT2D eigenvalue weighted by Crippen LogP contribution is 2.11. The van der Waals surface area contributed by atoms with Crippen molar-refractivity contribution < 1.29 is 9.72 Å². The molecule has 0 aliphatic carbocycles. The van der Waals surface area contributed by atoms with Gasteiger partial charge in [-0.3, -0.25) is 14.9 Å². The van der Waals surface area contributed by atoms with Gasteiger partial charge in [-0.05, 0) is 38.8 Å². The van der Waals surface area contributed by atoms with Gasteiger partial charge in [0.2, 0.25) is 5.91 Å². The van der Waals surface area contributed by atoms with Gasteiger partial charge in [0.25, 0.3) is 5.69 Å². The Bertz CT molecular complexity index is 474. The molecule has 2 N–H and O–H groups in total. The summed E-state index contributed by atoms with van der Waals surface area (Å²) < 4.78 is 0. The van der Waals surface area contributed by atoms with Crippen LogP contribution in [-0.2, 0) is 11.2 Å². The van der Waals surface area contributed by atoms with E-state index in [0.29, 0.717) is 6.54 Å². The number of hydrogen-bond acceptors (Lipinski definition) is 4. The summed E-state index contributed by atoms with van der Waals surface area (Å²) >= 11 is 0. The first kappa shape index (κ1) is 17.1. The maximum Gasteiger partial charge on any atom is 0.269 e. The number of nitrogens with one attached hydrogen (secondary N) is 2. The lowest BCUT2D eigenvalue weighted by Gasteiger charge is -2.17. The first-order valence-electron chi connectivity index (χ1n) is 7.21. The molecule has 6 heteroatoms. The molecular formula is C15H23N3O3. The van der Waals surface area contributed by atoms with E-state index >= 15 is 0 Å². The molecule has 0 fully saturated rings. The Labute approximate surface area is 125 Å². The SMILES string of the molecule is CCC(C)NC(=O)C(C)NCCc1ccc([N+](=O)[O-])cc1. The van der Waals surface area contributed by atoms with Gasteiger partial charge in [-0.25, -0.2) is 0 Å². The fraction of sp³-hybridized carbons (Fsp3) is 0.533. The Kier molecular flexibility index (Phi) is 6.81. The van der Waals surface area contributed by atoms with Crippen molar-refractivity contribution in [3.05, 3.63) is 39.9 Å². The number of nitrogens with zero attached hydrogens (tertiary/aromatic N) is 1. The van der Waals surface area contributed by atoms with E-state index in [0.717, 1.165) is 18.4 Å². The zero-order valence-electron chi connectivity index (χ0n) is 12.8. The van der Waals surface area contributed by atoms with Crippen LogP contribution in [0.25, 0.3) is 0 Å². The van der Waals surface area contributed by atoms with E-state index in [1.807, 2.05) is 20.8 Å². The fourth-order valence-corrected chi connectivity index (χ4v) is 1.78. The van der Waals surface area contributed by atoms with Crippen molar-refractivity contribution in [2.45, 2.75) is 45.7 Å². The second-order valence-electron chi connectivity index (χ2n) is 5.17. The van der Waals surface area contributed by atoms with E-state index in [-0.39, 0.29) is 23.7 Å². The Morgan fingerprint density at radius 3 is 2.43 bits per heavy atom. The number of non-ortho nitro benzene ring substituents is 1. The standard InChI is InChI=1S/C15H23N3O3/c1-4-11(2)17-15(19)12(3)16-10-9-13-5-7-14(8-6-13)18(20)21/h5-8,11-12,16H,4,9-10H2,1-3H3,(H,17,19).